The molecule has 9 heteroatoms. The van der Waals surface area contributed by atoms with Crippen molar-refractivity contribution < 1.29 is 23.9 Å². The van der Waals surface area contributed by atoms with E-state index in [1.54, 1.807) is 0 Å². The van der Waals surface area contributed by atoms with Gasteiger partial charge in [-0.05, 0) is 50.3 Å². The van der Waals surface area contributed by atoms with Gasteiger partial charge in [0.1, 0.15) is 10.2 Å². The Labute approximate surface area is 171 Å². The molecule has 7 nitrogen and oxygen atoms in total. The molecule has 0 radical (unpaired) electrons. The number of anilines is 1. The van der Waals surface area contributed by atoms with E-state index in [-0.39, 0.29) is 10.7 Å². The van der Waals surface area contributed by atoms with Crippen LogP contribution in [0.5, 0.6) is 0 Å². The van der Waals surface area contributed by atoms with E-state index in [0.717, 1.165) is 36.1 Å². The van der Waals surface area contributed by atoms with E-state index in [1.807, 2.05) is 0 Å². The zero-order chi connectivity index (χ0) is 20.3. The first-order chi connectivity index (χ1) is 13.4. The van der Waals surface area contributed by atoms with Gasteiger partial charge in [0.05, 0.1) is 18.2 Å². The van der Waals surface area contributed by atoms with Crippen molar-refractivity contribution in [3.8, 4) is 0 Å². The Morgan fingerprint density at radius 3 is 2.71 bits per heavy atom. The van der Waals surface area contributed by atoms with Gasteiger partial charge in [0, 0.05) is 11.1 Å². The molecule has 1 aliphatic rings. The summed E-state index contributed by atoms with van der Waals surface area (Å²) in [5.41, 5.74) is 1.53. The van der Waals surface area contributed by atoms with Crippen LogP contribution in [0.2, 0.25) is 5.15 Å². The van der Waals surface area contributed by atoms with Gasteiger partial charge in [-0.1, -0.05) is 11.6 Å². The maximum Gasteiger partial charge on any atom is 0.341 e. The van der Waals surface area contributed by atoms with Gasteiger partial charge in [-0.15, -0.1) is 11.3 Å². The molecule has 0 aromatic carbocycles. The average molecular weight is 423 g/mol. The number of methoxy groups -OCH3 is 1. The summed E-state index contributed by atoms with van der Waals surface area (Å²) in [5.74, 6) is -1.70. The Balaban J connectivity index is 1.74. The summed E-state index contributed by atoms with van der Waals surface area (Å²) < 4.78 is 10.1. The molecule has 0 saturated carbocycles. The second-order valence-corrected chi connectivity index (χ2v) is 7.80. The van der Waals surface area contributed by atoms with Crippen LogP contribution in [0.3, 0.4) is 0 Å². The van der Waals surface area contributed by atoms with Gasteiger partial charge in [0.2, 0.25) is 0 Å². The van der Waals surface area contributed by atoms with Crippen LogP contribution in [0.4, 0.5) is 5.00 Å². The second kappa shape index (κ2) is 8.70. The predicted octanol–water partition coefficient (Wildman–Crippen LogP) is 3.65. The summed E-state index contributed by atoms with van der Waals surface area (Å²) in [5, 5.41) is 3.29. The summed E-state index contributed by atoms with van der Waals surface area (Å²) in [6.07, 6.45) is 3.99. The molecule has 1 N–H and O–H groups in total. The van der Waals surface area contributed by atoms with Crippen LogP contribution in [-0.2, 0) is 27.1 Å². The highest BCUT2D eigenvalue weighted by molar-refractivity contribution is 7.17. The summed E-state index contributed by atoms with van der Waals surface area (Å²) in [6.45, 7) is 1.46. The van der Waals surface area contributed by atoms with Gasteiger partial charge in [-0.25, -0.2) is 14.6 Å². The number of ether oxygens (including phenoxy) is 2. The van der Waals surface area contributed by atoms with Crippen LogP contribution in [0.25, 0.3) is 0 Å². The number of esters is 2. The largest absolute Gasteiger partial charge is 0.465 e. The van der Waals surface area contributed by atoms with Crippen LogP contribution in [0, 0.1) is 0 Å². The number of fused-ring (bicyclic) bond motifs is 1. The van der Waals surface area contributed by atoms with E-state index in [4.69, 9.17) is 21.1 Å². The highest BCUT2D eigenvalue weighted by Gasteiger charge is 2.28. The topological polar surface area (TPSA) is 94.6 Å². The third-order valence-electron chi connectivity index (χ3n) is 4.41. The van der Waals surface area contributed by atoms with Gasteiger partial charge in [-0.2, -0.15) is 0 Å². The lowest BCUT2D eigenvalue weighted by molar-refractivity contribution is -0.123. The molecule has 0 bridgehead atoms. The molecular formula is C19H19ClN2O5S. The van der Waals surface area contributed by atoms with Gasteiger partial charge >= 0.3 is 11.9 Å². The van der Waals surface area contributed by atoms with Crippen molar-refractivity contribution in [1.29, 1.82) is 0 Å². The third kappa shape index (κ3) is 4.34. The van der Waals surface area contributed by atoms with Crippen molar-refractivity contribution >= 4 is 45.8 Å². The first-order valence-electron chi connectivity index (χ1n) is 8.77. The Morgan fingerprint density at radius 1 is 1.25 bits per heavy atom. The van der Waals surface area contributed by atoms with E-state index < -0.39 is 23.9 Å². The first kappa shape index (κ1) is 20.3. The van der Waals surface area contributed by atoms with Crippen LogP contribution in [0.1, 0.15) is 50.9 Å². The number of rotatable bonds is 5. The van der Waals surface area contributed by atoms with Crippen LogP contribution >= 0.6 is 22.9 Å². The zero-order valence-corrected chi connectivity index (χ0v) is 17.0. The van der Waals surface area contributed by atoms with Crippen molar-refractivity contribution in [2.75, 3.05) is 12.4 Å². The quantitative estimate of drug-likeness (QED) is 0.583. The molecule has 0 fully saturated rings. The molecule has 0 saturated heterocycles. The third-order valence-corrected chi connectivity index (χ3v) is 5.83. The monoisotopic (exact) mass is 422 g/mol. The minimum atomic E-state index is -1.07. The summed E-state index contributed by atoms with van der Waals surface area (Å²) in [7, 11) is 1.31. The van der Waals surface area contributed by atoms with E-state index >= 15 is 0 Å². The second-order valence-electron chi connectivity index (χ2n) is 6.31. The number of hydrogen-bond acceptors (Lipinski definition) is 7. The van der Waals surface area contributed by atoms with Gasteiger partial charge in [0.25, 0.3) is 5.91 Å². The number of pyridine rings is 1. The summed E-state index contributed by atoms with van der Waals surface area (Å²) in [4.78, 5) is 41.9. The molecule has 2 aromatic heterocycles. The van der Waals surface area contributed by atoms with Gasteiger partial charge in [0.15, 0.2) is 6.10 Å². The minimum Gasteiger partial charge on any atom is -0.465 e. The molecule has 3 rings (SSSR count). The predicted molar refractivity (Wildman–Crippen MR) is 105 cm³/mol. The number of halogens is 1. The van der Waals surface area contributed by atoms with Gasteiger partial charge in [-0.3, -0.25) is 4.79 Å². The normalized spacial score (nSPS) is 14.0. The summed E-state index contributed by atoms with van der Waals surface area (Å²) in [6, 6.07) is 2.80. The maximum atomic E-state index is 12.5. The standard InChI is InChI=1S/C19H19ClN2O5S/c1-10(27-18(24)11-7-8-21-14(20)9-11)16(23)22-17-15(19(25)26-2)12-5-3-4-6-13(12)28-17/h7-10H,3-6H2,1-2H3,(H,22,23). The van der Waals surface area contributed by atoms with Crippen molar-refractivity contribution in [1.82, 2.24) is 4.98 Å². The number of nitrogens with zero attached hydrogens (tertiary/aromatic N) is 1. The fraction of sp³-hybridized carbons (Fsp3) is 0.368. The van der Waals surface area contributed by atoms with Crippen LogP contribution < -0.4 is 5.32 Å². The number of aryl methyl sites for hydroxylation is 1. The zero-order valence-electron chi connectivity index (χ0n) is 15.4. The fourth-order valence-electron chi connectivity index (χ4n) is 3.00. The van der Waals surface area contributed by atoms with Crippen molar-refractivity contribution in [3.63, 3.8) is 0 Å². The molecule has 2 heterocycles. The Hall–Kier alpha value is -2.45. The van der Waals surface area contributed by atoms with Crippen LogP contribution in [0.15, 0.2) is 18.3 Å². The molecule has 1 atom stereocenters. The maximum absolute atomic E-state index is 12.5. The summed E-state index contributed by atoms with van der Waals surface area (Å²) >= 11 is 7.13. The molecule has 0 spiro atoms. The highest BCUT2D eigenvalue weighted by Crippen LogP contribution is 2.38. The lowest BCUT2D eigenvalue weighted by atomic mass is 9.95. The number of hydrogen-bond donors (Lipinski definition) is 1. The van der Waals surface area contributed by atoms with E-state index in [2.05, 4.69) is 10.3 Å². The SMILES string of the molecule is COC(=O)c1c(NC(=O)C(C)OC(=O)c2ccnc(Cl)c2)sc2c1CCCC2. The lowest BCUT2D eigenvalue weighted by Gasteiger charge is -2.14. The fourth-order valence-corrected chi connectivity index (χ4v) is 4.45. The highest BCUT2D eigenvalue weighted by atomic mass is 35.5. The van der Waals surface area contributed by atoms with Crippen molar-refractivity contribution in [2.24, 2.45) is 0 Å². The van der Waals surface area contributed by atoms with Crippen molar-refractivity contribution in [2.45, 2.75) is 38.7 Å². The number of aromatic nitrogens is 1. The molecule has 1 unspecified atom stereocenters. The smallest absolute Gasteiger partial charge is 0.341 e. The van der Waals surface area contributed by atoms with Gasteiger partial charge < -0.3 is 14.8 Å². The van der Waals surface area contributed by atoms with E-state index in [0.29, 0.717) is 10.6 Å². The molecule has 2 aromatic rings. The van der Waals surface area contributed by atoms with Crippen molar-refractivity contribution in [3.05, 3.63) is 45.1 Å². The lowest BCUT2D eigenvalue weighted by Crippen LogP contribution is -2.30. The molecular weight excluding hydrogens is 404 g/mol. The van der Waals surface area contributed by atoms with Crippen LogP contribution in [-0.4, -0.2) is 36.0 Å². The number of thiophene rings is 1. The molecule has 0 aliphatic heterocycles. The number of nitrogens with one attached hydrogen (secondary N) is 1. The van der Waals surface area contributed by atoms with E-state index in [9.17, 15) is 14.4 Å². The minimum absolute atomic E-state index is 0.151. The Kier molecular flexibility index (Phi) is 6.31. The number of amides is 1. The number of carbonyl (C=O) groups is 3. The molecule has 148 valence electrons. The first-order valence-corrected chi connectivity index (χ1v) is 9.96. The average Bonchev–Trinajstić information content (AvgIpc) is 3.05. The van der Waals surface area contributed by atoms with E-state index in [1.165, 1.54) is 43.7 Å². The number of carbonyl (C=O) groups excluding carboxylic acids is 3. The molecule has 28 heavy (non-hydrogen) atoms. The molecule has 1 aliphatic carbocycles. The Morgan fingerprint density at radius 2 is 2.00 bits per heavy atom. The molecule has 1 amide bonds. The Bertz CT molecular complexity index is 927.